The fourth-order valence-corrected chi connectivity index (χ4v) is 18.0. The number of carbonyl (C=O) groups is 2. The van der Waals surface area contributed by atoms with Crippen molar-refractivity contribution in [1.29, 1.82) is 0 Å². The summed E-state index contributed by atoms with van der Waals surface area (Å²) >= 11 is 0. The van der Waals surface area contributed by atoms with Crippen molar-refractivity contribution >= 4 is 23.4 Å². The number of methoxy groups -OCH3 is 2. The standard InChI is InChI=1S/C80H138N4O26/c1-27-55-79(19,95)65(87)43(7)59(39(3)35-75(15,93)69(107-73-61(85)53(83(21)22)33-41(5)99-73)45(9)63(47(11)71(91)103-55)105-57-37-77(17,97-25)67(89)49(13)101-57)81-109-51-29-31-52(32-30-51)110-82-60-40(4)36-76(16,94)70(108-74-62(86)54(84(23)24)34-42(6)100-74)46(10)64(106-58-38-78(18,98-26)68(90)50(14)102-58)48(12)72(92)104-56(28-2)80(20,96)66(88)44(60)8/h29-32,39-50,53-58,61-70,73-74,85-90,93-96H,27-28,33-38H2,1-26H3/b81-59-,82-60+/t39-,40-,41+,42+,43-,44-,45-,46-,47+,48+,49-,50-,53-,54-,55+,56+,57-,58-,61+,62+,63-,64-,65+,66+,67-,68-,69+,70+,73-,74-,75+,76+,77+,78+,79+,80+/m0/s1. The maximum atomic E-state index is 14.8. The van der Waals surface area contributed by atoms with E-state index in [4.69, 9.17) is 76.8 Å². The van der Waals surface area contributed by atoms with Crippen molar-refractivity contribution in [3.05, 3.63) is 24.3 Å². The molecule has 10 N–H and O–H groups in total. The minimum Gasteiger partial charge on any atom is -0.459 e. The molecule has 6 aliphatic rings. The van der Waals surface area contributed by atoms with Crippen molar-refractivity contribution in [2.75, 3.05) is 42.4 Å². The van der Waals surface area contributed by atoms with E-state index in [1.807, 2.05) is 51.8 Å². The molecule has 30 heteroatoms. The van der Waals surface area contributed by atoms with E-state index in [0.29, 0.717) is 12.8 Å². The van der Waals surface area contributed by atoms with Gasteiger partial charge < -0.3 is 127 Å². The van der Waals surface area contributed by atoms with Gasteiger partial charge in [-0.2, -0.15) is 0 Å². The van der Waals surface area contributed by atoms with Crippen molar-refractivity contribution in [3.63, 3.8) is 0 Å². The summed E-state index contributed by atoms with van der Waals surface area (Å²) in [5.41, 5.74) is -10.1. The van der Waals surface area contributed by atoms with Crippen LogP contribution < -0.4 is 9.68 Å². The average Bonchev–Trinajstić information content (AvgIpc) is 0.777. The van der Waals surface area contributed by atoms with Crippen LogP contribution in [0.25, 0.3) is 0 Å². The number of esters is 2. The van der Waals surface area contributed by atoms with E-state index in [2.05, 4.69) is 0 Å². The van der Waals surface area contributed by atoms with Gasteiger partial charge in [0.25, 0.3) is 0 Å². The zero-order valence-corrected chi connectivity index (χ0v) is 70.1. The molecule has 6 fully saturated rings. The Morgan fingerprint density at radius 1 is 0.464 bits per heavy atom. The van der Waals surface area contributed by atoms with Gasteiger partial charge in [0.2, 0.25) is 0 Å². The summed E-state index contributed by atoms with van der Waals surface area (Å²) < 4.78 is 76.9. The number of aliphatic hydroxyl groups is 10. The number of ether oxygens (including phenoxy) is 12. The maximum absolute atomic E-state index is 14.8. The molecule has 1 aromatic carbocycles. The molecule has 0 bridgehead atoms. The van der Waals surface area contributed by atoms with Gasteiger partial charge in [0.05, 0.1) is 107 Å². The molecule has 0 unspecified atom stereocenters. The SMILES string of the molecule is CC[C@H]1OC(=O)[C@H](C)[C@@H](O[C@H]2C[C@@](C)(OC)[C@@H](O)[C@H](C)O2)[C@H](C)[C@@H](O[C@@H]2O[C@H](C)C[C@H](N(C)C)[C@H]2O)[C@](C)(O)C[C@H](C)/C(=N/Oc2ccc(O/N=C3\[C@@H](C)C[C@@](C)(O)[C@H](O[C@@H]4O[C@H](C)C[C@H](N(C)C)[C@H]4O)[C@@H](C)[C@H](O[C@H]4C[C@@](C)(OC)[C@@H](O)[C@H](C)O4)[C@@H](C)C(=O)O[C@H](CC)[C@@](C)(O)[C@H](O)[C@H]3C)cc2)[C@H](C)[C@@H](O)[C@]1(C)O. The molecule has 0 spiro atoms. The van der Waals surface area contributed by atoms with Crippen LogP contribution in [0, 0.1) is 47.3 Å². The predicted molar refractivity (Wildman–Crippen MR) is 405 cm³/mol. The van der Waals surface area contributed by atoms with Gasteiger partial charge in [0, 0.05) is 74.7 Å². The Kier molecular flexibility index (Phi) is 32.0. The number of benzene rings is 1. The van der Waals surface area contributed by atoms with Gasteiger partial charge in [-0.1, -0.05) is 65.7 Å². The lowest BCUT2D eigenvalue weighted by atomic mass is 9.73. The number of aliphatic hydroxyl groups excluding tert-OH is 6. The van der Waals surface area contributed by atoms with Crippen LogP contribution >= 0.6 is 0 Å². The first-order valence-electron chi connectivity index (χ1n) is 39.6. The van der Waals surface area contributed by atoms with E-state index >= 15 is 0 Å². The first kappa shape index (κ1) is 93.4. The Morgan fingerprint density at radius 2 is 0.782 bits per heavy atom. The summed E-state index contributed by atoms with van der Waals surface area (Å²) in [6, 6.07) is 5.26. The van der Waals surface area contributed by atoms with Gasteiger partial charge in [-0.3, -0.25) is 9.59 Å². The Hall–Kier alpha value is -3.78. The van der Waals surface area contributed by atoms with Crippen LogP contribution in [-0.2, 0) is 66.4 Å². The summed E-state index contributed by atoms with van der Waals surface area (Å²) in [5.74, 6) is -9.41. The van der Waals surface area contributed by atoms with Crippen LogP contribution in [0.1, 0.15) is 190 Å². The summed E-state index contributed by atoms with van der Waals surface area (Å²) in [4.78, 5) is 45.9. The molecule has 0 amide bonds. The predicted octanol–water partition coefficient (Wildman–Crippen LogP) is 5.62. The number of oxime groups is 2. The third-order valence-electron chi connectivity index (χ3n) is 25.1. The third-order valence-corrected chi connectivity index (χ3v) is 25.1. The van der Waals surface area contributed by atoms with E-state index < -0.39 is 228 Å². The molecule has 0 saturated carbocycles. The number of rotatable bonds is 18. The van der Waals surface area contributed by atoms with Gasteiger partial charge in [-0.25, -0.2) is 0 Å². The first-order chi connectivity index (χ1) is 51.0. The average molecular weight is 1570 g/mol. The Labute approximate surface area is 651 Å². The molecule has 6 heterocycles. The molecule has 30 nitrogen and oxygen atoms in total. The van der Waals surface area contributed by atoms with Crippen molar-refractivity contribution in [1.82, 2.24) is 9.80 Å². The van der Waals surface area contributed by atoms with Gasteiger partial charge >= 0.3 is 11.9 Å². The van der Waals surface area contributed by atoms with Crippen LogP contribution in [0.15, 0.2) is 34.6 Å². The zero-order chi connectivity index (χ0) is 82.7. The fourth-order valence-electron chi connectivity index (χ4n) is 18.0. The van der Waals surface area contributed by atoms with E-state index in [0.717, 1.165) is 0 Å². The molecule has 6 aliphatic heterocycles. The Bertz CT molecular complexity index is 2960. The minimum atomic E-state index is -2.14. The highest BCUT2D eigenvalue weighted by atomic mass is 16.7. The highest BCUT2D eigenvalue weighted by Gasteiger charge is 2.57. The molecule has 6 saturated heterocycles. The van der Waals surface area contributed by atoms with Crippen molar-refractivity contribution < 1.29 is 127 Å². The lowest BCUT2D eigenvalue weighted by Crippen LogP contribution is -2.61. The highest BCUT2D eigenvalue weighted by Crippen LogP contribution is 2.45. The highest BCUT2D eigenvalue weighted by molar-refractivity contribution is 5.89. The number of hydrogen-bond donors (Lipinski definition) is 10. The molecule has 0 radical (unpaired) electrons. The first-order valence-corrected chi connectivity index (χ1v) is 39.6. The minimum absolute atomic E-state index is 0.0213. The molecular weight excluding hydrogens is 1430 g/mol. The van der Waals surface area contributed by atoms with Crippen LogP contribution in [-0.4, -0.2) is 295 Å². The van der Waals surface area contributed by atoms with Crippen LogP contribution in [0.5, 0.6) is 11.5 Å². The second-order valence-electron chi connectivity index (χ2n) is 34.8. The monoisotopic (exact) mass is 1570 g/mol. The van der Waals surface area contributed by atoms with Gasteiger partial charge in [0.15, 0.2) is 36.7 Å². The topological polar surface area (TPSA) is 397 Å². The molecule has 36 atom stereocenters. The normalized spacial score (nSPS) is 47.8. The number of cyclic esters (lactones) is 2. The van der Waals surface area contributed by atoms with Gasteiger partial charge in [-0.15, -0.1) is 0 Å². The number of hydrogen-bond acceptors (Lipinski definition) is 30. The number of likely N-dealkylation sites (N-methyl/N-ethyl adjacent to an activating group) is 2. The third kappa shape index (κ3) is 21.0. The Morgan fingerprint density at radius 3 is 1.07 bits per heavy atom. The molecule has 634 valence electrons. The second kappa shape index (κ2) is 37.7. The van der Waals surface area contributed by atoms with Crippen LogP contribution in [0.2, 0.25) is 0 Å². The van der Waals surface area contributed by atoms with Crippen LogP contribution in [0.4, 0.5) is 0 Å². The fraction of sp³-hybridized carbons (Fsp3) is 0.875. The zero-order valence-electron chi connectivity index (χ0n) is 70.1. The largest absolute Gasteiger partial charge is 0.459 e. The summed E-state index contributed by atoms with van der Waals surface area (Å²) in [6.07, 6.45) is -22.1. The van der Waals surface area contributed by atoms with Gasteiger partial charge in [0.1, 0.15) is 47.8 Å². The second-order valence-corrected chi connectivity index (χ2v) is 34.8. The smallest absolute Gasteiger partial charge is 0.311 e. The summed E-state index contributed by atoms with van der Waals surface area (Å²) in [7, 11) is 10.3. The number of nitrogens with zero attached hydrogens (tertiary/aromatic N) is 4. The van der Waals surface area contributed by atoms with Crippen molar-refractivity contribution in [2.24, 2.45) is 57.7 Å². The lowest BCUT2D eigenvalue weighted by Gasteiger charge is -2.49. The molecule has 0 aromatic heterocycles. The van der Waals surface area contributed by atoms with Crippen molar-refractivity contribution in [2.45, 2.75) is 358 Å². The van der Waals surface area contributed by atoms with Gasteiger partial charge in [-0.05, 0) is 174 Å². The Balaban J connectivity index is 1.27. The molecule has 1 aromatic rings. The lowest BCUT2D eigenvalue weighted by molar-refractivity contribution is -0.318. The van der Waals surface area contributed by atoms with Crippen LogP contribution in [0.3, 0.4) is 0 Å². The van der Waals surface area contributed by atoms with E-state index in [1.54, 1.807) is 111 Å². The molecular formula is C80H138N4O26. The van der Waals surface area contributed by atoms with E-state index in [-0.39, 0.29) is 61.4 Å². The van der Waals surface area contributed by atoms with E-state index in [9.17, 15) is 60.7 Å². The number of carbonyl (C=O) groups excluding carboxylic acids is 2. The van der Waals surface area contributed by atoms with E-state index in [1.165, 1.54) is 52.3 Å². The summed E-state index contributed by atoms with van der Waals surface area (Å²) in [5, 5.41) is 133. The molecule has 110 heavy (non-hydrogen) atoms. The molecule has 0 aliphatic carbocycles. The maximum Gasteiger partial charge on any atom is 0.311 e. The molecule has 7 rings (SSSR count). The quantitative estimate of drug-likeness (QED) is 0.0630. The van der Waals surface area contributed by atoms with Crippen molar-refractivity contribution in [3.8, 4) is 11.5 Å². The summed E-state index contributed by atoms with van der Waals surface area (Å²) in [6.45, 7) is 33.2.